The standard InChI is InChI=1S/C16H21NO5/c1-9-12-10(18)5-4-6-11(12)22-13(9)14(19)17-8-7-16(2,3)15(20)21/h4-8H2,1-3H3,(H,17,19)(H,20,21). The lowest BCUT2D eigenvalue weighted by molar-refractivity contribution is -0.147. The Bertz CT molecular complexity index is 627. The molecule has 1 heterocycles. The molecule has 1 aromatic heterocycles. The first-order valence-corrected chi connectivity index (χ1v) is 7.41. The predicted octanol–water partition coefficient (Wildman–Crippen LogP) is 2.34. The largest absolute Gasteiger partial charge is 0.481 e. The Balaban J connectivity index is 2.05. The summed E-state index contributed by atoms with van der Waals surface area (Å²) in [5.74, 6) is -0.537. The van der Waals surface area contributed by atoms with Crippen molar-refractivity contribution in [3.8, 4) is 0 Å². The van der Waals surface area contributed by atoms with Crippen molar-refractivity contribution >= 4 is 17.7 Å². The number of hydrogen-bond donors (Lipinski definition) is 2. The van der Waals surface area contributed by atoms with Gasteiger partial charge in [0.15, 0.2) is 11.5 Å². The molecule has 6 heteroatoms. The van der Waals surface area contributed by atoms with Crippen LogP contribution in [0.5, 0.6) is 0 Å². The molecule has 0 fully saturated rings. The third-order valence-corrected chi connectivity index (χ3v) is 4.13. The summed E-state index contributed by atoms with van der Waals surface area (Å²) in [6.07, 6.45) is 2.21. The van der Waals surface area contributed by atoms with E-state index in [0.717, 1.165) is 6.42 Å². The van der Waals surface area contributed by atoms with E-state index in [2.05, 4.69) is 5.32 Å². The van der Waals surface area contributed by atoms with Crippen molar-refractivity contribution in [3.63, 3.8) is 0 Å². The normalized spacial score (nSPS) is 14.6. The number of rotatable bonds is 5. The van der Waals surface area contributed by atoms with Crippen LogP contribution in [0.4, 0.5) is 0 Å². The van der Waals surface area contributed by atoms with Gasteiger partial charge in [-0.1, -0.05) is 0 Å². The SMILES string of the molecule is Cc1c(C(=O)NCCC(C)(C)C(=O)O)oc2c1C(=O)CCC2. The van der Waals surface area contributed by atoms with Crippen molar-refractivity contribution in [2.45, 2.75) is 46.5 Å². The second-order valence-electron chi connectivity index (χ2n) is 6.33. The minimum atomic E-state index is -0.906. The molecule has 0 aromatic carbocycles. The van der Waals surface area contributed by atoms with Crippen molar-refractivity contribution in [1.29, 1.82) is 0 Å². The van der Waals surface area contributed by atoms with E-state index in [1.165, 1.54) is 0 Å². The molecule has 120 valence electrons. The number of carbonyl (C=O) groups excluding carboxylic acids is 2. The number of carbonyl (C=O) groups is 3. The van der Waals surface area contributed by atoms with Crippen LogP contribution in [0.2, 0.25) is 0 Å². The molecular weight excluding hydrogens is 286 g/mol. The van der Waals surface area contributed by atoms with Crippen LogP contribution in [0.15, 0.2) is 4.42 Å². The van der Waals surface area contributed by atoms with Gasteiger partial charge in [-0.05, 0) is 33.6 Å². The van der Waals surface area contributed by atoms with E-state index < -0.39 is 17.3 Å². The van der Waals surface area contributed by atoms with Gasteiger partial charge < -0.3 is 14.8 Å². The van der Waals surface area contributed by atoms with E-state index in [-0.39, 0.29) is 18.1 Å². The molecule has 2 N–H and O–H groups in total. The van der Waals surface area contributed by atoms with Crippen LogP contribution in [-0.2, 0) is 11.2 Å². The van der Waals surface area contributed by atoms with Crippen LogP contribution in [0.1, 0.15) is 65.3 Å². The van der Waals surface area contributed by atoms with Gasteiger partial charge in [0.25, 0.3) is 5.91 Å². The second-order valence-corrected chi connectivity index (χ2v) is 6.33. The molecule has 0 atom stereocenters. The van der Waals surface area contributed by atoms with Crippen LogP contribution in [0.25, 0.3) is 0 Å². The average molecular weight is 307 g/mol. The monoisotopic (exact) mass is 307 g/mol. The predicted molar refractivity (Wildman–Crippen MR) is 79.1 cm³/mol. The van der Waals surface area contributed by atoms with Crippen molar-refractivity contribution in [3.05, 3.63) is 22.6 Å². The van der Waals surface area contributed by atoms with Gasteiger partial charge in [0.2, 0.25) is 0 Å². The Morgan fingerprint density at radius 1 is 1.32 bits per heavy atom. The molecule has 0 saturated carbocycles. The first kappa shape index (κ1) is 16.3. The highest BCUT2D eigenvalue weighted by molar-refractivity contribution is 6.03. The van der Waals surface area contributed by atoms with Crippen molar-refractivity contribution in [2.75, 3.05) is 6.54 Å². The van der Waals surface area contributed by atoms with Crippen molar-refractivity contribution in [2.24, 2.45) is 5.41 Å². The number of amides is 1. The highest BCUT2D eigenvalue weighted by Crippen LogP contribution is 2.29. The zero-order chi connectivity index (χ0) is 16.5. The minimum absolute atomic E-state index is 0.0218. The maximum atomic E-state index is 12.2. The lowest BCUT2D eigenvalue weighted by Gasteiger charge is -2.18. The highest BCUT2D eigenvalue weighted by Gasteiger charge is 2.30. The number of ketones is 1. The number of hydrogen-bond acceptors (Lipinski definition) is 4. The van der Waals surface area contributed by atoms with Gasteiger partial charge in [-0.15, -0.1) is 0 Å². The molecule has 0 saturated heterocycles. The molecule has 6 nitrogen and oxygen atoms in total. The minimum Gasteiger partial charge on any atom is -0.481 e. The van der Waals surface area contributed by atoms with Gasteiger partial charge in [-0.3, -0.25) is 14.4 Å². The fourth-order valence-electron chi connectivity index (χ4n) is 2.54. The quantitative estimate of drug-likeness (QED) is 0.870. The zero-order valence-electron chi connectivity index (χ0n) is 13.1. The molecule has 1 aliphatic rings. The highest BCUT2D eigenvalue weighted by atomic mass is 16.4. The van der Waals surface area contributed by atoms with Crippen LogP contribution in [0, 0.1) is 12.3 Å². The number of aliphatic carboxylic acids is 1. The van der Waals surface area contributed by atoms with E-state index in [9.17, 15) is 14.4 Å². The van der Waals surface area contributed by atoms with E-state index >= 15 is 0 Å². The van der Waals surface area contributed by atoms with Crippen LogP contribution in [0.3, 0.4) is 0 Å². The maximum Gasteiger partial charge on any atom is 0.309 e. The summed E-state index contributed by atoms with van der Waals surface area (Å²) in [5.41, 5.74) is 0.220. The molecule has 1 aliphatic carbocycles. The molecule has 0 bridgehead atoms. The van der Waals surface area contributed by atoms with E-state index in [4.69, 9.17) is 9.52 Å². The van der Waals surface area contributed by atoms with Gasteiger partial charge in [0.1, 0.15) is 5.76 Å². The van der Waals surface area contributed by atoms with E-state index in [0.29, 0.717) is 36.1 Å². The molecular formula is C16H21NO5. The number of fused-ring (bicyclic) bond motifs is 1. The first-order chi connectivity index (χ1) is 10.2. The summed E-state index contributed by atoms with van der Waals surface area (Å²) in [6.45, 7) is 5.16. The fraction of sp³-hybridized carbons (Fsp3) is 0.562. The molecule has 0 unspecified atom stereocenters. The zero-order valence-corrected chi connectivity index (χ0v) is 13.1. The summed E-state index contributed by atoms with van der Waals surface area (Å²) in [7, 11) is 0. The van der Waals surface area contributed by atoms with Crippen LogP contribution < -0.4 is 5.32 Å². The number of nitrogens with one attached hydrogen (secondary N) is 1. The lowest BCUT2D eigenvalue weighted by atomic mass is 9.89. The van der Waals surface area contributed by atoms with Crippen LogP contribution >= 0.6 is 0 Å². The maximum absolute atomic E-state index is 12.2. The van der Waals surface area contributed by atoms with Gasteiger partial charge in [0, 0.05) is 24.9 Å². The van der Waals surface area contributed by atoms with Gasteiger partial charge in [-0.25, -0.2) is 0 Å². The van der Waals surface area contributed by atoms with E-state index in [1.807, 2.05) is 0 Å². The third kappa shape index (κ3) is 3.05. The fourth-order valence-corrected chi connectivity index (χ4v) is 2.54. The molecule has 1 amide bonds. The summed E-state index contributed by atoms with van der Waals surface area (Å²) in [6, 6.07) is 0. The summed E-state index contributed by atoms with van der Waals surface area (Å²) in [4.78, 5) is 35.1. The van der Waals surface area contributed by atoms with Gasteiger partial charge in [0.05, 0.1) is 11.0 Å². The van der Waals surface area contributed by atoms with E-state index in [1.54, 1.807) is 20.8 Å². The summed E-state index contributed by atoms with van der Waals surface area (Å²) in [5, 5.41) is 11.7. The Morgan fingerprint density at radius 3 is 2.59 bits per heavy atom. The first-order valence-electron chi connectivity index (χ1n) is 7.41. The molecule has 1 aromatic rings. The Kier molecular flexibility index (Phi) is 4.39. The Hall–Kier alpha value is -2.11. The Morgan fingerprint density at radius 2 is 2.00 bits per heavy atom. The second kappa shape index (κ2) is 5.94. The smallest absolute Gasteiger partial charge is 0.309 e. The third-order valence-electron chi connectivity index (χ3n) is 4.13. The summed E-state index contributed by atoms with van der Waals surface area (Å²) >= 11 is 0. The number of furan rings is 1. The Labute approximate surface area is 128 Å². The van der Waals surface area contributed by atoms with Crippen molar-refractivity contribution < 1.29 is 23.9 Å². The lowest BCUT2D eigenvalue weighted by Crippen LogP contribution is -2.32. The number of carboxylic acids is 1. The molecule has 0 spiro atoms. The molecule has 0 radical (unpaired) electrons. The van der Waals surface area contributed by atoms with Gasteiger partial charge >= 0.3 is 5.97 Å². The topological polar surface area (TPSA) is 96.6 Å². The molecule has 2 rings (SSSR count). The summed E-state index contributed by atoms with van der Waals surface area (Å²) < 4.78 is 5.55. The van der Waals surface area contributed by atoms with Crippen LogP contribution in [-0.4, -0.2) is 29.3 Å². The number of Topliss-reactive ketones (excluding diaryl/α,β-unsaturated/α-hetero) is 1. The van der Waals surface area contributed by atoms with Crippen molar-refractivity contribution in [1.82, 2.24) is 5.32 Å². The average Bonchev–Trinajstić information content (AvgIpc) is 2.77. The molecule has 22 heavy (non-hydrogen) atoms. The van der Waals surface area contributed by atoms with Gasteiger partial charge in [-0.2, -0.15) is 0 Å². The number of aryl methyl sites for hydroxylation is 1. The molecule has 0 aliphatic heterocycles. The number of carboxylic acid groups (broad SMARTS) is 1.